The molecule has 1 aliphatic heterocycles. The molecule has 0 saturated carbocycles. The van der Waals surface area contributed by atoms with E-state index in [-0.39, 0.29) is 6.03 Å². The molecule has 2 amide bonds. The van der Waals surface area contributed by atoms with Crippen molar-refractivity contribution in [2.24, 2.45) is 0 Å². The predicted octanol–water partition coefficient (Wildman–Crippen LogP) is 0.739. The molecule has 1 saturated heterocycles. The third kappa shape index (κ3) is 4.90. The maximum atomic E-state index is 12.0. The van der Waals surface area contributed by atoms with Crippen molar-refractivity contribution in [3.05, 3.63) is 12.1 Å². The summed E-state index contributed by atoms with van der Waals surface area (Å²) in [4.78, 5) is 14.4. The number of urea groups is 1. The third-order valence-electron chi connectivity index (χ3n) is 3.85. The van der Waals surface area contributed by atoms with Gasteiger partial charge in [0.25, 0.3) is 0 Å². The fourth-order valence-electron chi connectivity index (χ4n) is 2.59. The zero-order valence-electron chi connectivity index (χ0n) is 14.5. The molecule has 0 aromatic heterocycles. The lowest BCUT2D eigenvalue weighted by Crippen LogP contribution is -2.46. The van der Waals surface area contributed by atoms with E-state index in [0.29, 0.717) is 29.5 Å². The van der Waals surface area contributed by atoms with Crippen molar-refractivity contribution in [3.8, 4) is 17.2 Å². The lowest BCUT2D eigenvalue weighted by molar-refractivity contribution is 0.233. The number of anilines is 1. The molecule has 0 unspecified atom stereocenters. The van der Waals surface area contributed by atoms with Gasteiger partial charge < -0.3 is 30.2 Å². The van der Waals surface area contributed by atoms with Gasteiger partial charge in [0.1, 0.15) is 0 Å². The Kier molecular flexibility index (Phi) is 6.95. The molecule has 8 nitrogen and oxygen atoms in total. The Morgan fingerprint density at radius 1 is 1.12 bits per heavy atom. The summed E-state index contributed by atoms with van der Waals surface area (Å²) in [5.41, 5.74) is 0.573. The van der Waals surface area contributed by atoms with Gasteiger partial charge in [-0.15, -0.1) is 0 Å². The Hall–Kier alpha value is -2.19. The van der Waals surface area contributed by atoms with E-state index >= 15 is 0 Å². The van der Waals surface area contributed by atoms with E-state index in [9.17, 15) is 4.79 Å². The maximum absolute atomic E-state index is 12.0. The van der Waals surface area contributed by atoms with Crippen molar-refractivity contribution in [3.63, 3.8) is 0 Å². The summed E-state index contributed by atoms with van der Waals surface area (Å²) in [5, 5.41) is 8.94. The van der Waals surface area contributed by atoms with Gasteiger partial charge in [0.2, 0.25) is 5.75 Å². The Labute approximate surface area is 142 Å². The van der Waals surface area contributed by atoms with Gasteiger partial charge in [-0.2, -0.15) is 0 Å². The van der Waals surface area contributed by atoms with E-state index in [4.69, 9.17) is 14.2 Å². The Morgan fingerprint density at radius 2 is 1.75 bits per heavy atom. The van der Waals surface area contributed by atoms with Crippen molar-refractivity contribution < 1.29 is 19.0 Å². The van der Waals surface area contributed by atoms with Crippen molar-refractivity contribution >= 4 is 11.7 Å². The second-order valence-electron chi connectivity index (χ2n) is 5.39. The Morgan fingerprint density at radius 3 is 2.29 bits per heavy atom. The Bertz CT molecular complexity index is 522. The number of nitrogens with one attached hydrogen (secondary N) is 3. The molecular weight excluding hydrogens is 312 g/mol. The second kappa shape index (κ2) is 9.19. The first-order valence-electron chi connectivity index (χ1n) is 7.96. The van der Waals surface area contributed by atoms with Crippen LogP contribution in [0, 0.1) is 0 Å². The molecule has 1 aliphatic rings. The molecule has 8 heteroatoms. The van der Waals surface area contributed by atoms with Crippen LogP contribution >= 0.6 is 0 Å². The average molecular weight is 338 g/mol. The fourth-order valence-corrected chi connectivity index (χ4v) is 2.59. The lowest BCUT2D eigenvalue weighted by atomic mass is 10.2. The molecule has 0 atom stereocenters. The molecule has 2 rings (SSSR count). The Balaban J connectivity index is 1.88. The van der Waals surface area contributed by atoms with Crippen LogP contribution < -0.4 is 30.2 Å². The van der Waals surface area contributed by atoms with Gasteiger partial charge in [0.05, 0.1) is 27.0 Å². The number of hydrogen-bond donors (Lipinski definition) is 3. The monoisotopic (exact) mass is 338 g/mol. The lowest BCUT2D eigenvalue weighted by Gasteiger charge is -2.27. The molecule has 0 bridgehead atoms. The normalized spacial score (nSPS) is 14.8. The van der Waals surface area contributed by atoms with Crippen LogP contribution in [0.2, 0.25) is 0 Å². The van der Waals surface area contributed by atoms with Crippen LogP contribution in [0.5, 0.6) is 17.2 Å². The highest BCUT2D eigenvalue weighted by Crippen LogP contribution is 2.39. The van der Waals surface area contributed by atoms with Gasteiger partial charge in [-0.1, -0.05) is 0 Å². The van der Waals surface area contributed by atoms with Crippen molar-refractivity contribution in [1.82, 2.24) is 15.5 Å². The predicted molar refractivity (Wildman–Crippen MR) is 92.4 cm³/mol. The first-order chi connectivity index (χ1) is 11.7. The highest BCUT2D eigenvalue weighted by atomic mass is 16.5. The van der Waals surface area contributed by atoms with Gasteiger partial charge >= 0.3 is 6.03 Å². The van der Waals surface area contributed by atoms with Crippen LogP contribution in [-0.4, -0.2) is 71.5 Å². The van der Waals surface area contributed by atoms with E-state index < -0.39 is 0 Å². The van der Waals surface area contributed by atoms with E-state index in [0.717, 1.165) is 32.7 Å². The SMILES string of the molecule is COc1cc(NC(=O)NCCN2CCNCC2)cc(OC)c1OC. The molecule has 0 spiro atoms. The summed E-state index contributed by atoms with van der Waals surface area (Å²) < 4.78 is 15.8. The number of piperazine rings is 1. The summed E-state index contributed by atoms with van der Waals surface area (Å²) in [5.74, 6) is 1.48. The number of carbonyl (C=O) groups is 1. The van der Waals surface area contributed by atoms with Crippen LogP contribution in [0.3, 0.4) is 0 Å². The summed E-state index contributed by atoms with van der Waals surface area (Å²) >= 11 is 0. The summed E-state index contributed by atoms with van der Waals surface area (Å²) in [6.07, 6.45) is 0. The van der Waals surface area contributed by atoms with Gasteiger partial charge in [-0.05, 0) is 0 Å². The standard InChI is InChI=1S/C16H26N4O4/c1-22-13-10-12(11-14(23-2)15(13)24-3)19-16(21)18-6-9-20-7-4-17-5-8-20/h10-11,17H,4-9H2,1-3H3,(H2,18,19,21). The topological polar surface area (TPSA) is 84.1 Å². The highest BCUT2D eigenvalue weighted by molar-refractivity contribution is 5.90. The largest absolute Gasteiger partial charge is 0.493 e. The number of nitrogens with zero attached hydrogens (tertiary/aromatic N) is 1. The minimum atomic E-state index is -0.264. The number of benzene rings is 1. The summed E-state index contributed by atoms with van der Waals surface area (Å²) in [7, 11) is 4.61. The van der Waals surface area contributed by atoms with Gasteiger partial charge in [0, 0.05) is 51.4 Å². The zero-order valence-corrected chi connectivity index (χ0v) is 14.5. The molecule has 0 radical (unpaired) electrons. The van der Waals surface area contributed by atoms with Crippen LogP contribution in [0.15, 0.2) is 12.1 Å². The number of carbonyl (C=O) groups excluding carboxylic acids is 1. The smallest absolute Gasteiger partial charge is 0.319 e. The highest BCUT2D eigenvalue weighted by Gasteiger charge is 2.14. The van der Waals surface area contributed by atoms with Crippen LogP contribution in [0.1, 0.15) is 0 Å². The van der Waals surface area contributed by atoms with Crippen molar-refractivity contribution in [2.45, 2.75) is 0 Å². The molecule has 134 valence electrons. The van der Waals surface area contributed by atoms with Crippen LogP contribution in [0.4, 0.5) is 10.5 Å². The fraction of sp³-hybridized carbons (Fsp3) is 0.562. The molecule has 1 aromatic carbocycles. The minimum Gasteiger partial charge on any atom is -0.493 e. The quantitative estimate of drug-likeness (QED) is 0.680. The van der Waals surface area contributed by atoms with E-state index in [1.165, 1.54) is 21.3 Å². The number of methoxy groups -OCH3 is 3. The third-order valence-corrected chi connectivity index (χ3v) is 3.85. The zero-order chi connectivity index (χ0) is 17.4. The molecule has 1 aromatic rings. The molecule has 0 aliphatic carbocycles. The molecule has 1 fully saturated rings. The van der Waals surface area contributed by atoms with Gasteiger partial charge in [-0.25, -0.2) is 4.79 Å². The number of hydrogen-bond acceptors (Lipinski definition) is 6. The summed E-state index contributed by atoms with van der Waals surface area (Å²) in [6, 6.07) is 3.12. The van der Waals surface area contributed by atoms with Crippen molar-refractivity contribution in [2.75, 3.05) is 65.9 Å². The number of rotatable bonds is 7. The van der Waals surface area contributed by atoms with E-state index in [1.54, 1.807) is 12.1 Å². The van der Waals surface area contributed by atoms with Crippen LogP contribution in [-0.2, 0) is 0 Å². The first kappa shape index (κ1) is 18.2. The minimum absolute atomic E-state index is 0.264. The van der Waals surface area contributed by atoms with Gasteiger partial charge in [0.15, 0.2) is 11.5 Å². The number of amides is 2. The van der Waals surface area contributed by atoms with Crippen LogP contribution in [0.25, 0.3) is 0 Å². The maximum Gasteiger partial charge on any atom is 0.319 e. The molecule has 1 heterocycles. The van der Waals surface area contributed by atoms with E-state index in [1.807, 2.05) is 0 Å². The number of ether oxygens (including phenoxy) is 3. The molecule has 3 N–H and O–H groups in total. The van der Waals surface area contributed by atoms with Crippen molar-refractivity contribution in [1.29, 1.82) is 0 Å². The van der Waals surface area contributed by atoms with E-state index in [2.05, 4.69) is 20.9 Å². The molecule has 24 heavy (non-hydrogen) atoms. The first-order valence-corrected chi connectivity index (χ1v) is 7.96. The average Bonchev–Trinajstić information content (AvgIpc) is 2.61. The summed E-state index contributed by atoms with van der Waals surface area (Å²) in [6.45, 7) is 5.45. The second-order valence-corrected chi connectivity index (χ2v) is 5.39. The molecular formula is C16H26N4O4. The van der Waals surface area contributed by atoms with Gasteiger partial charge in [-0.3, -0.25) is 4.90 Å².